The zero-order valence-corrected chi connectivity index (χ0v) is 31.6. The predicted molar refractivity (Wildman–Crippen MR) is 206 cm³/mol. The van der Waals surface area contributed by atoms with Gasteiger partial charge in [0.1, 0.15) is 6.61 Å². The lowest BCUT2D eigenvalue weighted by Gasteiger charge is -2.18. The summed E-state index contributed by atoms with van der Waals surface area (Å²) in [6, 6.07) is 0. The van der Waals surface area contributed by atoms with E-state index in [2.05, 4.69) is 91.3 Å². The van der Waals surface area contributed by atoms with Gasteiger partial charge in [-0.05, 0) is 70.6 Å². The van der Waals surface area contributed by atoms with Crippen molar-refractivity contribution in [2.45, 2.75) is 136 Å². The number of carbonyl (C=O) groups is 2. The molecule has 0 aromatic rings. The molecule has 0 aliphatic heterocycles. The van der Waals surface area contributed by atoms with E-state index >= 15 is 0 Å². The number of esters is 2. The minimum Gasteiger partial charge on any atom is -0.462 e. The molecule has 0 saturated heterocycles. The van der Waals surface area contributed by atoms with Crippen LogP contribution in [0.25, 0.3) is 0 Å². The molecule has 0 aliphatic carbocycles. The lowest BCUT2D eigenvalue weighted by molar-refractivity contribution is -0.160. The molecular formula is C41H65O8P. The van der Waals surface area contributed by atoms with Crippen molar-refractivity contribution in [2.75, 3.05) is 13.2 Å². The molecule has 0 bridgehead atoms. The number of phosphoric acid groups is 1. The van der Waals surface area contributed by atoms with E-state index in [1.54, 1.807) is 6.08 Å². The van der Waals surface area contributed by atoms with Crippen molar-refractivity contribution < 1.29 is 37.9 Å². The van der Waals surface area contributed by atoms with Gasteiger partial charge in [0, 0.05) is 6.42 Å². The van der Waals surface area contributed by atoms with Crippen LogP contribution in [-0.2, 0) is 28.2 Å². The summed E-state index contributed by atoms with van der Waals surface area (Å²) in [4.78, 5) is 42.6. The van der Waals surface area contributed by atoms with Gasteiger partial charge >= 0.3 is 19.8 Å². The van der Waals surface area contributed by atoms with Crippen molar-refractivity contribution in [2.24, 2.45) is 0 Å². The molecular weight excluding hydrogens is 651 g/mol. The summed E-state index contributed by atoms with van der Waals surface area (Å²) in [5.74, 6) is -1.06. The van der Waals surface area contributed by atoms with Crippen molar-refractivity contribution in [1.29, 1.82) is 0 Å². The second-order valence-electron chi connectivity index (χ2n) is 11.8. The fraction of sp³-hybridized carbons (Fsp3) is 0.561. The number of unbranched alkanes of at least 4 members (excludes halogenated alkanes) is 7. The van der Waals surface area contributed by atoms with E-state index in [1.807, 2.05) is 18.2 Å². The largest absolute Gasteiger partial charge is 0.469 e. The molecule has 0 fully saturated rings. The van der Waals surface area contributed by atoms with Crippen LogP contribution in [0.1, 0.15) is 129 Å². The molecule has 0 heterocycles. The Kier molecular flexibility index (Phi) is 33.6. The number of phosphoric ester groups is 1. The molecule has 9 heteroatoms. The van der Waals surface area contributed by atoms with E-state index < -0.39 is 32.5 Å². The molecule has 2 N–H and O–H groups in total. The Hall–Kier alpha value is -3.03. The van der Waals surface area contributed by atoms with Crippen LogP contribution < -0.4 is 0 Å². The first-order valence-corrected chi connectivity index (χ1v) is 20.1. The summed E-state index contributed by atoms with van der Waals surface area (Å²) >= 11 is 0. The van der Waals surface area contributed by atoms with E-state index in [4.69, 9.17) is 19.3 Å². The molecule has 0 spiro atoms. The highest BCUT2D eigenvalue weighted by Gasteiger charge is 2.22. The van der Waals surface area contributed by atoms with Gasteiger partial charge in [0.05, 0.1) is 13.0 Å². The molecule has 1 unspecified atom stereocenters. The summed E-state index contributed by atoms with van der Waals surface area (Å²) in [5, 5.41) is 0. The van der Waals surface area contributed by atoms with Crippen LogP contribution in [0.15, 0.2) is 97.2 Å². The first kappa shape index (κ1) is 47.0. The van der Waals surface area contributed by atoms with E-state index in [-0.39, 0.29) is 19.4 Å². The molecule has 0 aromatic carbocycles. The van der Waals surface area contributed by atoms with Gasteiger partial charge in [-0.3, -0.25) is 14.1 Å². The predicted octanol–water partition coefficient (Wildman–Crippen LogP) is 11.1. The topological polar surface area (TPSA) is 119 Å². The molecule has 8 nitrogen and oxygen atoms in total. The summed E-state index contributed by atoms with van der Waals surface area (Å²) in [6.07, 6.45) is 48.7. The maximum Gasteiger partial charge on any atom is 0.469 e. The number of hydrogen-bond acceptors (Lipinski definition) is 6. The van der Waals surface area contributed by atoms with E-state index in [9.17, 15) is 14.2 Å². The Balaban J connectivity index is 4.14. The van der Waals surface area contributed by atoms with Crippen LogP contribution in [0, 0.1) is 0 Å². The van der Waals surface area contributed by atoms with Gasteiger partial charge in [-0.1, -0.05) is 143 Å². The van der Waals surface area contributed by atoms with Crippen LogP contribution in [0.2, 0.25) is 0 Å². The standard InChI is InChI=1S/C41H65O8P/c1-3-5-7-9-11-13-15-17-19-20-22-23-25-27-29-31-33-35-40(42)47-37-39(38-48-50(44,45)46)49-41(43)36-34-32-30-28-26-24-21-18-16-14-12-10-8-6-4-2/h5-8,11-14,17-19,21,26,28,32,34,39H,3-4,9-10,15-16,20,22-25,27,29-31,33,35-38H2,1-2H3,(H2,44,45,46)/b7-5-,8-6-,13-11-,14-12-,19-17-,21-18-,28-26-,34-32-. The molecule has 50 heavy (non-hydrogen) atoms. The fourth-order valence-corrected chi connectivity index (χ4v) is 4.82. The van der Waals surface area contributed by atoms with Gasteiger partial charge in [-0.25, -0.2) is 4.57 Å². The van der Waals surface area contributed by atoms with Crippen molar-refractivity contribution in [3.05, 3.63) is 97.2 Å². The summed E-state index contributed by atoms with van der Waals surface area (Å²) in [7, 11) is -4.78. The average molecular weight is 717 g/mol. The third kappa shape index (κ3) is 37.8. The highest BCUT2D eigenvalue weighted by Crippen LogP contribution is 2.35. The van der Waals surface area contributed by atoms with E-state index in [0.29, 0.717) is 12.8 Å². The van der Waals surface area contributed by atoms with Crippen molar-refractivity contribution in [1.82, 2.24) is 0 Å². The molecule has 1 atom stereocenters. The summed E-state index contributed by atoms with van der Waals surface area (Å²) < 4.78 is 26.2. The summed E-state index contributed by atoms with van der Waals surface area (Å²) in [5.41, 5.74) is 0. The van der Waals surface area contributed by atoms with Gasteiger partial charge in [-0.2, -0.15) is 0 Å². The quantitative estimate of drug-likeness (QED) is 0.0305. The Morgan fingerprint density at radius 3 is 1.44 bits per heavy atom. The SMILES string of the molecule is CC/C=C\C/C=C\C/C=C\C/C=C\C/C=C\CC(=O)OC(COC(=O)CCCCCCCCC/C=C\C/C=C\C/C=C\CC)COP(=O)(O)O. The van der Waals surface area contributed by atoms with E-state index in [0.717, 1.165) is 70.6 Å². The van der Waals surface area contributed by atoms with Gasteiger partial charge in [0.15, 0.2) is 6.10 Å². The van der Waals surface area contributed by atoms with Crippen LogP contribution in [0.4, 0.5) is 0 Å². The molecule has 0 saturated carbocycles. The Morgan fingerprint density at radius 1 is 0.540 bits per heavy atom. The smallest absolute Gasteiger partial charge is 0.462 e. The average Bonchev–Trinajstić information content (AvgIpc) is 3.08. The number of carbonyl (C=O) groups excluding carboxylic acids is 2. The van der Waals surface area contributed by atoms with Gasteiger partial charge in [0.25, 0.3) is 0 Å². The van der Waals surface area contributed by atoms with Crippen LogP contribution in [0.5, 0.6) is 0 Å². The van der Waals surface area contributed by atoms with Crippen molar-refractivity contribution >= 4 is 19.8 Å². The minimum atomic E-state index is -4.78. The first-order chi connectivity index (χ1) is 24.3. The maximum atomic E-state index is 12.3. The highest BCUT2D eigenvalue weighted by atomic mass is 31.2. The second kappa shape index (κ2) is 35.8. The highest BCUT2D eigenvalue weighted by molar-refractivity contribution is 7.46. The van der Waals surface area contributed by atoms with Gasteiger partial charge in [0.2, 0.25) is 0 Å². The Bertz CT molecular complexity index is 1120. The molecule has 0 amide bonds. The molecule has 0 radical (unpaired) electrons. The van der Waals surface area contributed by atoms with E-state index in [1.165, 1.54) is 19.3 Å². The monoisotopic (exact) mass is 716 g/mol. The third-order valence-corrected chi connectivity index (χ3v) is 7.62. The number of rotatable bonds is 32. The van der Waals surface area contributed by atoms with Crippen molar-refractivity contribution in [3.8, 4) is 0 Å². The Morgan fingerprint density at radius 2 is 0.960 bits per heavy atom. The number of ether oxygens (including phenoxy) is 2. The van der Waals surface area contributed by atoms with Crippen LogP contribution >= 0.6 is 7.82 Å². The second-order valence-corrected chi connectivity index (χ2v) is 13.0. The molecule has 0 aliphatic rings. The number of allylic oxidation sites excluding steroid dienone is 15. The van der Waals surface area contributed by atoms with Crippen LogP contribution in [0.3, 0.4) is 0 Å². The first-order valence-electron chi connectivity index (χ1n) is 18.5. The fourth-order valence-electron chi connectivity index (χ4n) is 4.46. The maximum absolute atomic E-state index is 12.3. The van der Waals surface area contributed by atoms with Gasteiger partial charge in [-0.15, -0.1) is 0 Å². The minimum absolute atomic E-state index is 0.0282. The van der Waals surface area contributed by atoms with Crippen molar-refractivity contribution in [3.63, 3.8) is 0 Å². The van der Waals surface area contributed by atoms with Gasteiger partial charge < -0.3 is 19.3 Å². The molecule has 282 valence electrons. The molecule has 0 aromatic heterocycles. The lowest BCUT2D eigenvalue weighted by atomic mass is 10.1. The van der Waals surface area contributed by atoms with Crippen LogP contribution in [-0.4, -0.2) is 41.0 Å². The Labute approximate surface area is 303 Å². The zero-order chi connectivity index (χ0) is 36.8. The lowest BCUT2D eigenvalue weighted by Crippen LogP contribution is -2.29. The summed E-state index contributed by atoms with van der Waals surface area (Å²) in [6.45, 7) is 3.34. The number of hydrogen-bond donors (Lipinski definition) is 2. The third-order valence-electron chi connectivity index (χ3n) is 7.13. The molecule has 0 rings (SSSR count). The zero-order valence-electron chi connectivity index (χ0n) is 30.7. The normalized spacial score (nSPS) is 13.6.